The first-order valence-electron chi connectivity index (χ1n) is 20.6. The van der Waals surface area contributed by atoms with Gasteiger partial charge in [0, 0.05) is 5.92 Å². The highest BCUT2D eigenvalue weighted by atomic mass is 32.2. The average Bonchev–Trinajstić information content (AvgIpc) is 3.02. The van der Waals surface area contributed by atoms with Crippen LogP contribution in [0.15, 0.2) is 24.3 Å². The Bertz CT molecular complexity index is 1450. The molecule has 0 radical (unpaired) electrons. The van der Waals surface area contributed by atoms with Crippen LogP contribution in [0.5, 0.6) is 11.5 Å². The fourth-order valence-electron chi connectivity index (χ4n) is 7.62. The van der Waals surface area contributed by atoms with E-state index < -0.39 is 44.9 Å². The summed E-state index contributed by atoms with van der Waals surface area (Å²) in [4.78, 5) is 27.6. The molecule has 306 valence electrons. The Balaban J connectivity index is 2.66. The number of phenols is 2. The molecule has 2 aromatic carbocycles. The van der Waals surface area contributed by atoms with Gasteiger partial charge >= 0.3 is 11.9 Å². The number of rotatable bonds is 20. The summed E-state index contributed by atoms with van der Waals surface area (Å²) in [7, 11) is 0. The van der Waals surface area contributed by atoms with E-state index in [1.165, 1.54) is 51.4 Å². The van der Waals surface area contributed by atoms with Gasteiger partial charge in [0.05, 0.1) is 0 Å². The molecule has 0 fully saturated rings. The van der Waals surface area contributed by atoms with Crippen LogP contribution in [-0.4, -0.2) is 43.9 Å². The van der Waals surface area contributed by atoms with E-state index >= 15 is 0 Å². The molecule has 0 heterocycles. The Morgan fingerprint density at radius 2 is 0.907 bits per heavy atom. The average molecular weight is 769 g/mol. The van der Waals surface area contributed by atoms with Gasteiger partial charge in [0.2, 0.25) is 0 Å². The normalized spacial score (nSPS) is 13.6. The molecule has 2 aromatic rings. The van der Waals surface area contributed by atoms with Crippen LogP contribution in [0.1, 0.15) is 200 Å². The van der Waals surface area contributed by atoms with Gasteiger partial charge in [-0.15, -0.1) is 0 Å². The molecule has 0 spiro atoms. The number of carbonyl (C=O) groups is 2. The van der Waals surface area contributed by atoms with E-state index in [9.17, 15) is 30.0 Å². The number of unbranched alkanes of at least 4 members (excludes halogenated alkanes) is 9. The molecule has 0 aliphatic rings. The van der Waals surface area contributed by atoms with Crippen LogP contribution in [0.25, 0.3) is 0 Å². The summed E-state index contributed by atoms with van der Waals surface area (Å²) in [5, 5.41) is 45.5. The van der Waals surface area contributed by atoms with Gasteiger partial charge in [0.25, 0.3) is 0 Å². The van der Waals surface area contributed by atoms with E-state index in [1.807, 2.05) is 95.2 Å². The zero-order chi connectivity index (χ0) is 41.3. The number of aromatic hydroxyl groups is 2. The van der Waals surface area contributed by atoms with Crippen LogP contribution >= 0.6 is 11.8 Å². The van der Waals surface area contributed by atoms with Crippen molar-refractivity contribution in [3.63, 3.8) is 0 Å². The largest absolute Gasteiger partial charge is 0.507 e. The molecule has 0 bridgehead atoms. The molecule has 2 rings (SSSR count). The first-order chi connectivity index (χ1) is 24.8. The maximum absolute atomic E-state index is 13.8. The Morgan fingerprint density at radius 1 is 0.556 bits per heavy atom. The van der Waals surface area contributed by atoms with Crippen molar-refractivity contribution in [2.24, 2.45) is 5.41 Å². The van der Waals surface area contributed by atoms with Crippen LogP contribution in [0, 0.1) is 5.41 Å². The van der Waals surface area contributed by atoms with Crippen molar-refractivity contribution < 1.29 is 30.0 Å². The maximum Gasteiger partial charge on any atom is 0.322 e. The minimum atomic E-state index is -2.22. The maximum atomic E-state index is 13.8. The number of thioether (sulfide) groups is 1. The molecule has 0 aliphatic heterocycles. The van der Waals surface area contributed by atoms with Crippen molar-refractivity contribution in [3.8, 4) is 11.5 Å². The zero-order valence-electron chi connectivity index (χ0n) is 36.3. The third-order valence-electron chi connectivity index (χ3n) is 11.0. The van der Waals surface area contributed by atoms with Gasteiger partial charge < -0.3 is 20.4 Å². The monoisotopic (exact) mass is 769 g/mol. The molecule has 0 saturated heterocycles. The number of phenolic OH excluding ortho intramolecular Hbond substituents is 2. The van der Waals surface area contributed by atoms with Crippen LogP contribution < -0.4 is 0 Å². The van der Waals surface area contributed by atoms with Crippen molar-refractivity contribution in [1.82, 2.24) is 0 Å². The van der Waals surface area contributed by atoms with Gasteiger partial charge in [0.1, 0.15) is 11.5 Å². The molecule has 0 amide bonds. The Morgan fingerprint density at radius 3 is 1.26 bits per heavy atom. The van der Waals surface area contributed by atoms with Gasteiger partial charge in [-0.2, -0.15) is 11.8 Å². The van der Waals surface area contributed by atoms with E-state index in [2.05, 4.69) is 6.92 Å². The second-order valence-corrected chi connectivity index (χ2v) is 21.1. The third kappa shape index (κ3) is 12.7. The summed E-state index contributed by atoms with van der Waals surface area (Å²) in [5.41, 5.74) is -0.270. The Hall–Kier alpha value is -2.67. The zero-order valence-corrected chi connectivity index (χ0v) is 37.1. The predicted octanol–water partition coefficient (Wildman–Crippen LogP) is 12.8. The standard InChI is InChI=1S/C47H76O6S/c1-14-15-16-17-18-19-20-21-22-23-25-54-26-24-34(33-29-37(45(8,9)10)40(49)38(30-33)46(11,12)13)47(41(50)51,42(52)53)31-32-27-35(43(2,3)4)39(48)36(28-32)44(5,6)7/h27-30,34,48-49H,14-26,31H2,1-13H3,(H,50,51)(H,52,53). The van der Waals surface area contributed by atoms with Crippen molar-refractivity contribution >= 4 is 23.7 Å². The van der Waals surface area contributed by atoms with Crippen LogP contribution in [0.2, 0.25) is 0 Å². The van der Waals surface area contributed by atoms with Crippen molar-refractivity contribution in [2.45, 2.75) is 195 Å². The Kier molecular flexibility index (Phi) is 17.1. The van der Waals surface area contributed by atoms with Gasteiger partial charge in [-0.25, -0.2) is 0 Å². The van der Waals surface area contributed by atoms with Crippen LogP contribution in [0.3, 0.4) is 0 Å². The molecule has 0 saturated carbocycles. The van der Waals surface area contributed by atoms with E-state index in [0.717, 1.165) is 18.6 Å². The summed E-state index contributed by atoms with van der Waals surface area (Å²) >= 11 is 1.77. The van der Waals surface area contributed by atoms with Crippen LogP contribution in [-0.2, 0) is 37.7 Å². The lowest BCUT2D eigenvalue weighted by molar-refractivity contribution is -0.166. The predicted molar refractivity (Wildman–Crippen MR) is 229 cm³/mol. The molecule has 7 heteroatoms. The summed E-state index contributed by atoms with van der Waals surface area (Å²) in [6.45, 7) is 26.3. The molecule has 0 aromatic heterocycles. The lowest BCUT2D eigenvalue weighted by Crippen LogP contribution is -2.47. The summed E-state index contributed by atoms with van der Waals surface area (Å²) in [6.07, 6.45) is 12.7. The summed E-state index contributed by atoms with van der Waals surface area (Å²) < 4.78 is 0. The van der Waals surface area contributed by atoms with E-state index in [0.29, 0.717) is 45.6 Å². The fourth-order valence-corrected chi connectivity index (χ4v) is 8.63. The minimum Gasteiger partial charge on any atom is -0.507 e. The molecule has 54 heavy (non-hydrogen) atoms. The van der Waals surface area contributed by atoms with Crippen molar-refractivity contribution in [3.05, 3.63) is 57.6 Å². The third-order valence-corrected chi connectivity index (χ3v) is 12.1. The molecular formula is C47H76O6S. The second-order valence-electron chi connectivity index (χ2n) is 19.9. The number of benzene rings is 2. The van der Waals surface area contributed by atoms with Gasteiger partial charge in [-0.05, 0) is 85.8 Å². The van der Waals surface area contributed by atoms with Crippen molar-refractivity contribution in [2.75, 3.05) is 11.5 Å². The Labute approximate surface area is 333 Å². The molecule has 4 N–H and O–H groups in total. The highest BCUT2D eigenvalue weighted by Gasteiger charge is 2.54. The summed E-state index contributed by atoms with van der Waals surface area (Å²) in [6, 6.07) is 7.34. The van der Waals surface area contributed by atoms with Crippen molar-refractivity contribution in [1.29, 1.82) is 0 Å². The topological polar surface area (TPSA) is 115 Å². The number of carboxylic acids is 2. The van der Waals surface area contributed by atoms with Crippen LogP contribution in [0.4, 0.5) is 0 Å². The highest BCUT2D eigenvalue weighted by molar-refractivity contribution is 7.99. The molecular weight excluding hydrogens is 693 g/mol. The fraction of sp³-hybridized carbons (Fsp3) is 0.702. The van der Waals surface area contributed by atoms with Gasteiger partial charge in [0.15, 0.2) is 5.41 Å². The second kappa shape index (κ2) is 19.5. The smallest absolute Gasteiger partial charge is 0.322 e. The number of aliphatic carboxylic acids is 2. The van der Waals surface area contributed by atoms with Gasteiger partial charge in [-0.1, -0.05) is 172 Å². The minimum absolute atomic E-state index is 0.165. The summed E-state index contributed by atoms with van der Waals surface area (Å²) in [5.74, 6) is -1.79. The number of carboxylic acid groups (broad SMARTS) is 2. The van der Waals surface area contributed by atoms with E-state index in [1.54, 1.807) is 23.9 Å². The van der Waals surface area contributed by atoms with E-state index in [-0.39, 0.29) is 17.9 Å². The lowest BCUT2D eigenvalue weighted by atomic mass is 9.65. The first-order valence-corrected chi connectivity index (χ1v) is 21.7. The molecule has 1 unspecified atom stereocenters. The molecule has 0 aliphatic carbocycles. The number of hydrogen-bond acceptors (Lipinski definition) is 5. The number of hydrogen-bond donors (Lipinski definition) is 4. The molecule has 1 atom stereocenters. The first kappa shape index (κ1) is 47.5. The van der Waals surface area contributed by atoms with Gasteiger partial charge in [-0.3, -0.25) is 9.59 Å². The lowest BCUT2D eigenvalue weighted by Gasteiger charge is -2.37. The molecule has 6 nitrogen and oxygen atoms in total. The highest BCUT2D eigenvalue weighted by Crippen LogP contribution is 2.49. The SMILES string of the molecule is CCCCCCCCCCCCSCCC(c1cc(C(C)(C)C)c(O)c(C(C)(C)C)c1)C(Cc1cc(C(C)(C)C)c(O)c(C(C)(C)C)c1)(C(=O)O)C(=O)O. The quantitative estimate of drug-likeness (QED) is 0.0783. The van der Waals surface area contributed by atoms with E-state index in [4.69, 9.17) is 0 Å².